The van der Waals surface area contributed by atoms with Crippen molar-refractivity contribution in [1.82, 2.24) is 5.32 Å². The van der Waals surface area contributed by atoms with E-state index in [2.05, 4.69) is 19.2 Å². The molecule has 84 valence electrons. The summed E-state index contributed by atoms with van der Waals surface area (Å²) >= 11 is 6.04. The van der Waals surface area contributed by atoms with Gasteiger partial charge in [0.1, 0.15) is 0 Å². The van der Waals surface area contributed by atoms with Crippen molar-refractivity contribution in [3.05, 3.63) is 34.3 Å². The first-order valence-corrected chi connectivity index (χ1v) is 5.55. The fraction of sp³-hybridized carbons (Fsp3) is 0.500. The quantitative estimate of drug-likeness (QED) is 0.829. The SMILES string of the molecule is Cc1ccc(C(CO)NC(C)C)cc1Cl. The van der Waals surface area contributed by atoms with Crippen molar-refractivity contribution in [3.8, 4) is 0 Å². The van der Waals surface area contributed by atoms with E-state index in [9.17, 15) is 5.11 Å². The summed E-state index contributed by atoms with van der Waals surface area (Å²) in [5.41, 5.74) is 2.09. The van der Waals surface area contributed by atoms with Crippen LogP contribution in [-0.4, -0.2) is 17.8 Å². The topological polar surface area (TPSA) is 32.3 Å². The number of hydrogen-bond donors (Lipinski definition) is 2. The molecule has 15 heavy (non-hydrogen) atoms. The van der Waals surface area contributed by atoms with Crippen molar-refractivity contribution in [2.45, 2.75) is 32.9 Å². The minimum Gasteiger partial charge on any atom is -0.394 e. The largest absolute Gasteiger partial charge is 0.394 e. The summed E-state index contributed by atoms with van der Waals surface area (Å²) < 4.78 is 0. The minimum absolute atomic E-state index is 0.0388. The molecule has 0 aliphatic rings. The smallest absolute Gasteiger partial charge is 0.0626 e. The van der Waals surface area contributed by atoms with Crippen LogP contribution >= 0.6 is 11.6 Å². The van der Waals surface area contributed by atoms with E-state index in [-0.39, 0.29) is 12.6 Å². The molecule has 0 amide bonds. The average Bonchev–Trinajstić information content (AvgIpc) is 2.18. The fourth-order valence-corrected chi connectivity index (χ4v) is 1.67. The summed E-state index contributed by atoms with van der Waals surface area (Å²) in [6, 6.07) is 6.18. The number of halogens is 1. The molecule has 0 saturated heterocycles. The highest BCUT2D eigenvalue weighted by atomic mass is 35.5. The Kier molecular flexibility index (Phi) is 4.58. The van der Waals surface area contributed by atoms with E-state index in [1.54, 1.807) is 0 Å². The van der Waals surface area contributed by atoms with E-state index in [0.717, 1.165) is 16.1 Å². The molecule has 0 fully saturated rings. The molecule has 1 aromatic rings. The molecule has 0 aromatic heterocycles. The number of rotatable bonds is 4. The standard InChI is InChI=1S/C12H18ClNO/c1-8(2)14-12(7-15)10-5-4-9(3)11(13)6-10/h4-6,8,12,14-15H,7H2,1-3H3. The Bertz CT molecular complexity index is 325. The van der Waals surface area contributed by atoms with Gasteiger partial charge in [-0.05, 0) is 24.1 Å². The Morgan fingerprint density at radius 2 is 2.07 bits per heavy atom. The molecule has 0 spiro atoms. The molecule has 0 aliphatic carbocycles. The molecule has 1 aromatic carbocycles. The summed E-state index contributed by atoms with van der Waals surface area (Å²) in [4.78, 5) is 0. The lowest BCUT2D eigenvalue weighted by Crippen LogP contribution is -2.30. The molecule has 1 atom stereocenters. The zero-order valence-corrected chi connectivity index (χ0v) is 10.2. The summed E-state index contributed by atoms with van der Waals surface area (Å²) in [6.07, 6.45) is 0. The van der Waals surface area contributed by atoms with Gasteiger partial charge in [-0.25, -0.2) is 0 Å². The Balaban J connectivity index is 2.87. The maximum Gasteiger partial charge on any atom is 0.0626 e. The minimum atomic E-state index is -0.0388. The van der Waals surface area contributed by atoms with Gasteiger partial charge in [0.15, 0.2) is 0 Å². The summed E-state index contributed by atoms with van der Waals surface area (Å²) in [5, 5.41) is 13.3. The van der Waals surface area contributed by atoms with Crippen molar-refractivity contribution in [1.29, 1.82) is 0 Å². The predicted molar refractivity (Wildman–Crippen MR) is 64.3 cm³/mol. The van der Waals surface area contributed by atoms with E-state index < -0.39 is 0 Å². The molecule has 3 heteroatoms. The summed E-state index contributed by atoms with van der Waals surface area (Å²) in [6.45, 7) is 6.16. The van der Waals surface area contributed by atoms with Crippen LogP contribution in [0, 0.1) is 6.92 Å². The van der Waals surface area contributed by atoms with Crippen LogP contribution in [0.3, 0.4) is 0 Å². The van der Waals surface area contributed by atoms with Crippen molar-refractivity contribution in [2.75, 3.05) is 6.61 Å². The van der Waals surface area contributed by atoms with Crippen LogP contribution < -0.4 is 5.32 Å². The van der Waals surface area contributed by atoms with E-state index in [0.29, 0.717) is 6.04 Å². The van der Waals surface area contributed by atoms with Crippen LogP contribution in [0.5, 0.6) is 0 Å². The van der Waals surface area contributed by atoms with Crippen molar-refractivity contribution in [2.24, 2.45) is 0 Å². The first kappa shape index (κ1) is 12.5. The number of benzene rings is 1. The van der Waals surface area contributed by atoms with Crippen LogP contribution in [0.2, 0.25) is 5.02 Å². The Hall–Kier alpha value is -0.570. The maximum absolute atomic E-state index is 9.28. The van der Waals surface area contributed by atoms with Crippen LogP contribution in [0.1, 0.15) is 31.0 Å². The van der Waals surface area contributed by atoms with Gasteiger partial charge in [0.05, 0.1) is 12.6 Å². The second-order valence-electron chi connectivity index (χ2n) is 4.07. The molecule has 0 radical (unpaired) electrons. The van der Waals surface area contributed by atoms with Crippen LogP contribution in [0.4, 0.5) is 0 Å². The molecule has 0 bridgehead atoms. The lowest BCUT2D eigenvalue weighted by atomic mass is 10.1. The lowest BCUT2D eigenvalue weighted by molar-refractivity contribution is 0.237. The van der Waals surface area contributed by atoms with Crippen molar-refractivity contribution in [3.63, 3.8) is 0 Å². The van der Waals surface area contributed by atoms with Crippen molar-refractivity contribution < 1.29 is 5.11 Å². The molecular formula is C12H18ClNO. The highest BCUT2D eigenvalue weighted by Crippen LogP contribution is 2.21. The third-order valence-corrected chi connectivity index (χ3v) is 2.72. The second-order valence-corrected chi connectivity index (χ2v) is 4.47. The van der Waals surface area contributed by atoms with Gasteiger partial charge < -0.3 is 10.4 Å². The van der Waals surface area contributed by atoms with Crippen molar-refractivity contribution >= 4 is 11.6 Å². The zero-order valence-electron chi connectivity index (χ0n) is 9.42. The highest BCUT2D eigenvalue weighted by molar-refractivity contribution is 6.31. The van der Waals surface area contributed by atoms with Gasteiger partial charge in [-0.3, -0.25) is 0 Å². The van der Waals surface area contributed by atoms with Gasteiger partial charge >= 0.3 is 0 Å². The number of nitrogens with one attached hydrogen (secondary N) is 1. The van der Waals surface area contributed by atoms with Gasteiger partial charge in [-0.1, -0.05) is 37.6 Å². The molecule has 2 nitrogen and oxygen atoms in total. The Morgan fingerprint density at radius 3 is 2.53 bits per heavy atom. The highest BCUT2D eigenvalue weighted by Gasteiger charge is 2.11. The van der Waals surface area contributed by atoms with E-state index in [1.807, 2.05) is 25.1 Å². The number of hydrogen-bond acceptors (Lipinski definition) is 2. The van der Waals surface area contributed by atoms with E-state index >= 15 is 0 Å². The average molecular weight is 228 g/mol. The van der Waals surface area contributed by atoms with E-state index in [1.165, 1.54) is 0 Å². The monoisotopic (exact) mass is 227 g/mol. The lowest BCUT2D eigenvalue weighted by Gasteiger charge is -2.20. The zero-order chi connectivity index (χ0) is 11.4. The molecule has 1 rings (SSSR count). The third-order valence-electron chi connectivity index (χ3n) is 2.32. The van der Waals surface area contributed by atoms with Gasteiger partial charge in [-0.2, -0.15) is 0 Å². The summed E-state index contributed by atoms with van der Waals surface area (Å²) in [5.74, 6) is 0. The number of aryl methyl sites for hydroxylation is 1. The molecule has 2 N–H and O–H groups in total. The first-order valence-electron chi connectivity index (χ1n) is 5.17. The molecular weight excluding hydrogens is 210 g/mol. The van der Waals surface area contributed by atoms with Crippen LogP contribution in [0.15, 0.2) is 18.2 Å². The summed E-state index contributed by atoms with van der Waals surface area (Å²) in [7, 11) is 0. The predicted octanol–water partition coefficient (Wildman–Crippen LogP) is 2.68. The fourth-order valence-electron chi connectivity index (χ4n) is 1.48. The maximum atomic E-state index is 9.28. The third kappa shape index (κ3) is 3.49. The second kappa shape index (κ2) is 5.50. The van der Waals surface area contributed by atoms with Crippen LogP contribution in [-0.2, 0) is 0 Å². The first-order chi connectivity index (χ1) is 7.04. The molecule has 0 saturated carbocycles. The number of aliphatic hydroxyl groups excluding tert-OH is 1. The Morgan fingerprint density at radius 1 is 1.40 bits per heavy atom. The van der Waals surface area contributed by atoms with Gasteiger partial charge in [0.25, 0.3) is 0 Å². The van der Waals surface area contributed by atoms with Gasteiger partial charge in [-0.15, -0.1) is 0 Å². The molecule has 0 aliphatic heterocycles. The molecule has 1 unspecified atom stereocenters. The van der Waals surface area contributed by atoms with Gasteiger partial charge in [0, 0.05) is 11.1 Å². The normalized spacial score (nSPS) is 13.2. The van der Waals surface area contributed by atoms with Crippen LogP contribution in [0.25, 0.3) is 0 Å². The van der Waals surface area contributed by atoms with E-state index in [4.69, 9.17) is 11.6 Å². The number of aliphatic hydroxyl groups is 1. The molecule has 0 heterocycles. The van der Waals surface area contributed by atoms with Gasteiger partial charge in [0.2, 0.25) is 0 Å². The Labute approximate surface area is 96.3 Å².